The Morgan fingerprint density at radius 2 is 2.00 bits per heavy atom. The summed E-state index contributed by atoms with van der Waals surface area (Å²) < 4.78 is 10.9. The van der Waals surface area contributed by atoms with Crippen LogP contribution in [0.3, 0.4) is 0 Å². The Balaban J connectivity index is 1.71. The Labute approximate surface area is 165 Å². The molecule has 1 atom stereocenters. The van der Waals surface area contributed by atoms with Crippen LogP contribution < -0.4 is 10.6 Å². The minimum atomic E-state index is 0.148. The zero-order chi connectivity index (χ0) is 18.9. The van der Waals surface area contributed by atoms with E-state index in [1.165, 1.54) is 0 Å². The van der Waals surface area contributed by atoms with Gasteiger partial charge in [0.1, 0.15) is 12.3 Å². The molecule has 7 heteroatoms. The Kier molecular flexibility index (Phi) is 7.56. The SMILES string of the molecule is CCNC(=NCc1ccco1)NCC(c1ccccc1Cl)N1CCOCC1. The van der Waals surface area contributed by atoms with E-state index in [2.05, 4.69) is 33.5 Å². The Bertz CT molecular complexity index is 715. The molecule has 146 valence electrons. The molecule has 1 aliphatic heterocycles. The van der Waals surface area contributed by atoms with Crippen molar-refractivity contribution in [2.45, 2.75) is 19.5 Å². The number of benzene rings is 1. The number of hydrogen-bond donors (Lipinski definition) is 2. The lowest BCUT2D eigenvalue weighted by molar-refractivity contribution is 0.0170. The van der Waals surface area contributed by atoms with Gasteiger partial charge in [0.25, 0.3) is 0 Å². The zero-order valence-corrected chi connectivity index (χ0v) is 16.4. The fraction of sp³-hybridized carbons (Fsp3) is 0.450. The first-order valence-corrected chi connectivity index (χ1v) is 9.76. The first-order valence-electron chi connectivity index (χ1n) is 9.38. The lowest BCUT2D eigenvalue weighted by Crippen LogP contribution is -2.46. The highest BCUT2D eigenvalue weighted by Crippen LogP contribution is 2.27. The van der Waals surface area contributed by atoms with E-state index in [1.54, 1.807) is 6.26 Å². The number of morpholine rings is 1. The van der Waals surface area contributed by atoms with E-state index in [1.807, 2.05) is 30.3 Å². The molecule has 1 saturated heterocycles. The van der Waals surface area contributed by atoms with Gasteiger partial charge in [0.15, 0.2) is 5.96 Å². The third kappa shape index (κ3) is 5.73. The largest absolute Gasteiger partial charge is 0.467 e. The number of furan rings is 1. The van der Waals surface area contributed by atoms with Gasteiger partial charge in [-0.1, -0.05) is 29.8 Å². The summed E-state index contributed by atoms with van der Waals surface area (Å²) in [6.07, 6.45) is 1.66. The first-order chi connectivity index (χ1) is 13.3. The summed E-state index contributed by atoms with van der Waals surface area (Å²) in [6, 6.07) is 12.0. The standard InChI is InChI=1S/C20H27ClN4O2/c1-2-22-20(23-14-16-6-5-11-27-16)24-15-19(25-9-12-26-13-10-25)17-7-3-4-8-18(17)21/h3-8,11,19H,2,9-10,12-15H2,1H3,(H2,22,23,24). The van der Waals surface area contributed by atoms with Crippen molar-refractivity contribution in [1.29, 1.82) is 0 Å². The van der Waals surface area contributed by atoms with Gasteiger partial charge in [-0.15, -0.1) is 0 Å². The molecule has 1 aliphatic rings. The van der Waals surface area contributed by atoms with Crippen LogP contribution in [0.1, 0.15) is 24.3 Å². The highest BCUT2D eigenvalue weighted by molar-refractivity contribution is 6.31. The van der Waals surface area contributed by atoms with E-state index in [-0.39, 0.29) is 6.04 Å². The lowest BCUT2D eigenvalue weighted by atomic mass is 10.0. The van der Waals surface area contributed by atoms with Crippen LogP contribution in [0.2, 0.25) is 5.02 Å². The number of ether oxygens (including phenoxy) is 1. The maximum absolute atomic E-state index is 6.50. The molecule has 0 amide bonds. The molecular weight excluding hydrogens is 364 g/mol. The molecule has 0 saturated carbocycles. The summed E-state index contributed by atoms with van der Waals surface area (Å²) in [7, 11) is 0. The van der Waals surface area contributed by atoms with Crippen LogP contribution in [0, 0.1) is 0 Å². The van der Waals surface area contributed by atoms with Crippen molar-refractivity contribution in [2.75, 3.05) is 39.4 Å². The van der Waals surface area contributed by atoms with Gasteiger partial charge in [-0.25, -0.2) is 4.99 Å². The maximum atomic E-state index is 6.50. The van der Waals surface area contributed by atoms with Crippen LogP contribution in [0.4, 0.5) is 0 Å². The smallest absolute Gasteiger partial charge is 0.191 e. The second-order valence-electron chi connectivity index (χ2n) is 6.34. The van der Waals surface area contributed by atoms with Crippen LogP contribution in [0.15, 0.2) is 52.1 Å². The molecule has 1 aromatic heterocycles. The van der Waals surface area contributed by atoms with Crippen molar-refractivity contribution in [2.24, 2.45) is 4.99 Å². The first kappa shape index (κ1) is 19.7. The number of nitrogens with one attached hydrogen (secondary N) is 2. The van der Waals surface area contributed by atoms with Crippen LogP contribution in [-0.2, 0) is 11.3 Å². The highest BCUT2D eigenvalue weighted by atomic mass is 35.5. The van der Waals surface area contributed by atoms with Gasteiger partial charge >= 0.3 is 0 Å². The Morgan fingerprint density at radius 1 is 1.19 bits per heavy atom. The molecule has 27 heavy (non-hydrogen) atoms. The second kappa shape index (κ2) is 10.3. The summed E-state index contributed by atoms with van der Waals surface area (Å²) in [5, 5.41) is 7.54. The Morgan fingerprint density at radius 3 is 2.70 bits per heavy atom. The van der Waals surface area contributed by atoms with Gasteiger partial charge in [0.05, 0.1) is 25.5 Å². The van der Waals surface area contributed by atoms with E-state index in [4.69, 9.17) is 20.8 Å². The molecular formula is C20H27ClN4O2. The topological polar surface area (TPSA) is 62.0 Å². The van der Waals surface area contributed by atoms with Crippen molar-refractivity contribution in [1.82, 2.24) is 15.5 Å². The Hall–Kier alpha value is -2.02. The van der Waals surface area contributed by atoms with Gasteiger partial charge in [0, 0.05) is 31.2 Å². The molecule has 2 N–H and O–H groups in total. The average molecular weight is 391 g/mol. The predicted molar refractivity (Wildman–Crippen MR) is 108 cm³/mol. The zero-order valence-electron chi connectivity index (χ0n) is 15.7. The van der Waals surface area contributed by atoms with Crippen LogP contribution in [0.25, 0.3) is 0 Å². The molecule has 2 heterocycles. The van der Waals surface area contributed by atoms with E-state index in [9.17, 15) is 0 Å². The predicted octanol–water partition coefficient (Wildman–Crippen LogP) is 3.06. The minimum absolute atomic E-state index is 0.148. The fourth-order valence-electron chi connectivity index (χ4n) is 3.16. The van der Waals surface area contributed by atoms with Gasteiger partial charge in [-0.05, 0) is 30.7 Å². The van der Waals surface area contributed by atoms with Gasteiger partial charge in [0.2, 0.25) is 0 Å². The quantitative estimate of drug-likeness (QED) is 0.562. The van der Waals surface area contributed by atoms with Crippen molar-refractivity contribution >= 4 is 17.6 Å². The fourth-order valence-corrected chi connectivity index (χ4v) is 3.43. The molecule has 0 bridgehead atoms. The molecule has 0 aliphatic carbocycles. The van der Waals surface area contributed by atoms with Crippen molar-refractivity contribution in [3.63, 3.8) is 0 Å². The normalized spacial score (nSPS) is 16.9. The second-order valence-corrected chi connectivity index (χ2v) is 6.75. The molecule has 6 nitrogen and oxygen atoms in total. The summed E-state index contributed by atoms with van der Waals surface area (Å²) in [6.45, 7) is 7.30. The van der Waals surface area contributed by atoms with Gasteiger partial charge in [-0.2, -0.15) is 0 Å². The molecule has 1 fully saturated rings. The number of guanidine groups is 1. The molecule has 2 aromatic rings. The number of rotatable bonds is 7. The molecule has 1 aromatic carbocycles. The third-order valence-electron chi connectivity index (χ3n) is 4.53. The summed E-state index contributed by atoms with van der Waals surface area (Å²) in [5.74, 6) is 1.60. The maximum Gasteiger partial charge on any atom is 0.191 e. The highest BCUT2D eigenvalue weighted by Gasteiger charge is 2.24. The van der Waals surface area contributed by atoms with E-state index >= 15 is 0 Å². The van der Waals surface area contributed by atoms with Gasteiger partial charge in [-0.3, -0.25) is 4.90 Å². The van der Waals surface area contributed by atoms with Crippen molar-refractivity contribution in [3.8, 4) is 0 Å². The number of nitrogens with zero attached hydrogens (tertiary/aromatic N) is 2. The van der Waals surface area contributed by atoms with Crippen LogP contribution in [-0.4, -0.2) is 50.3 Å². The average Bonchev–Trinajstić information content (AvgIpc) is 3.22. The van der Waals surface area contributed by atoms with Crippen molar-refractivity contribution in [3.05, 3.63) is 59.0 Å². The monoisotopic (exact) mass is 390 g/mol. The lowest BCUT2D eigenvalue weighted by Gasteiger charge is -2.35. The summed E-state index contributed by atoms with van der Waals surface area (Å²) >= 11 is 6.50. The summed E-state index contributed by atoms with van der Waals surface area (Å²) in [5.41, 5.74) is 1.12. The van der Waals surface area contributed by atoms with Crippen LogP contribution >= 0.6 is 11.6 Å². The van der Waals surface area contributed by atoms with Crippen molar-refractivity contribution < 1.29 is 9.15 Å². The molecule has 3 rings (SSSR count). The number of aliphatic imine (C=N–C) groups is 1. The van der Waals surface area contributed by atoms with E-state index < -0.39 is 0 Å². The number of halogens is 1. The van der Waals surface area contributed by atoms with Gasteiger partial charge < -0.3 is 19.8 Å². The summed E-state index contributed by atoms with van der Waals surface area (Å²) in [4.78, 5) is 7.02. The number of hydrogen-bond acceptors (Lipinski definition) is 4. The molecule has 1 unspecified atom stereocenters. The third-order valence-corrected chi connectivity index (χ3v) is 4.88. The van der Waals surface area contributed by atoms with E-state index in [0.29, 0.717) is 13.1 Å². The molecule has 0 radical (unpaired) electrons. The van der Waals surface area contributed by atoms with E-state index in [0.717, 1.165) is 55.2 Å². The van der Waals surface area contributed by atoms with Crippen LogP contribution in [0.5, 0.6) is 0 Å². The minimum Gasteiger partial charge on any atom is -0.467 e. The molecule has 0 spiro atoms.